The van der Waals surface area contributed by atoms with Gasteiger partial charge < -0.3 is 19.9 Å². The number of aryl methyl sites for hydroxylation is 1. The van der Waals surface area contributed by atoms with Crippen molar-refractivity contribution in [2.75, 3.05) is 49.5 Å². The number of ether oxygens (including phenoxy) is 1. The lowest BCUT2D eigenvalue weighted by atomic mass is 10.1. The molecular weight excluding hydrogens is 541 g/mol. The molecule has 2 aliphatic rings. The minimum Gasteiger partial charge on any atom is -0.481 e. The number of carbonyl (C=O) groups is 2. The lowest BCUT2D eigenvalue weighted by Gasteiger charge is -2.35. The van der Waals surface area contributed by atoms with E-state index in [0.29, 0.717) is 55.4 Å². The highest BCUT2D eigenvalue weighted by Crippen LogP contribution is 2.40. The summed E-state index contributed by atoms with van der Waals surface area (Å²) in [6, 6.07) is 9.15. The molecule has 2 aliphatic heterocycles. The molecule has 2 amide bonds. The smallest absolute Gasteiger partial charge is 0.265 e. The van der Waals surface area contributed by atoms with Crippen LogP contribution in [0.5, 0.6) is 5.75 Å². The van der Waals surface area contributed by atoms with E-state index in [4.69, 9.17) is 4.74 Å². The van der Waals surface area contributed by atoms with E-state index in [1.807, 2.05) is 36.9 Å². The molecule has 1 saturated heterocycles. The molecule has 42 heavy (non-hydrogen) atoms. The van der Waals surface area contributed by atoms with E-state index < -0.39 is 5.82 Å². The lowest BCUT2D eigenvalue weighted by molar-refractivity contribution is -0.130. The molecule has 1 N–H and O–H groups in total. The highest BCUT2D eigenvalue weighted by Gasteiger charge is 2.29. The number of hydrogen-bond donors (Lipinski definition) is 1. The molecule has 2 aromatic carbocycles. The van der Waals surface area contributed by atoms with Gasteiger partial charge in [-0.15, -0.1) is 5.10 Å². The summed E-state index contributed by atoms with van der Waals surface area (Å²) in [4.78, 5) is 39.0. The quantitative estimate of drug-likeness (QED) is 0.355. The summed E-state index contributed by atoms with van der Waals surface area (Å²) in [6.07, 6.45) is 1.14. The van der Waals surface area contributed by atoms with Crippen LogP contribution in [0.25, 0.3) is 22.3 Å². The highest BCUT2D eigenvalue weighted by atomic mass is 19.1. The van der Waals surface area contributed by atoms with Gasteiger partial charge in [0.25, 0.3) is 5.91 Å². The molecule has 0 bridgehead atoms. The van der Waals surface area contributed by atoms with E-state index in [-0.39, 0.29) is 30.1 Å². The van der Waals surface area contributed by atoms with Crippen molar-refractivity contribution >= 4 is 40.2 Å². The number of fused-ring (bicyclic) bond motifs is 2. The molecule has 6 rings (SSSR count). The molecule has 4 heterocycles. The minimum absolute atomic E-state index is 0.0278. The van der Waals surface area contributed by atoms with E-state index in [2.05, 4.69) is 30.5 Å². The van der Waals surface area contributed by atoms with Gasteiger partial charge in [0, 0.05) is 69.6 Å². The third-order valence-electron chi connectivity index (χ3n) is 7.69. The number of benzene rings is 2. The fourth-order valence-corrected chi connectivity index (χ4v) is 5.49. The Morgan fingerprint density at radius 3 is 2.64 bits per heavy atom. The van der Waals surface area contributed by atoms with E-state index in [1.165, 1.54) is 0 Å². The van der Waals surface area contributed by atoms with E-state index in [1.54, 1.807) is 28.6 Å². The largest absolute Gasteiger partial charge is 0.481 e. The van der Waals surface area contributed by atoms with Crippen LogP contribution in [0, 0.1) is 5.82 Å². The predicted octanol–water partition coefficient (Wildman–Crippen LogP) is 3.20. The molecular formula is C29H32FN9O3. The van der Waals surface area contributed by atoms with Gasteiger partial charge in [0.2, 0.25) is 11.9 Å². The Kier molecular flexibility index (Phi) is 7.42. The first-order valence-corrected chi connectivity index (χ1v) is 14.1. The number of amides is 2. The first kappa shape index (κ1) is 27.5. The maximum Gasteiger partial charge on any atom is 0.265 e. The van der Waals surface area contributed by atoms with Crippen LogP contribution < -0.4 is 15.0 Å². The minimum atomic E-state index is -0.553. The van der Waals surface area contributed by atoms with Gasteiger partial charge >= 0.3 is 0 Å². The number of nitrogens with zero attached hydrogens (tertiary/aromatic N) is 8. The number of likely N-dealkylation sites (N-methyl/N-ethyl adjacent to an activating group) is 1. The van der Waals surface area contributed by atoms with Crippen molar-refractivity contribution in [2.45, 2.75) is 33.9 Å². The molecule has 0 saturated carbocycles. The molecule has 1 fully saturated rings. The van der Waals surface area contributed by atoms with Gasteiger partial charge in [-0.25, -0.2) is 19.0 Å². The maximum absolute atomic E-state index is 15.0. The lowest BCUT2D eigenvalue weighted by Crippen LogP contribution is -2.47. The number of hydrogen-bond acceptors (Lipinski definition) is 9. The third kappa shape index (κ3) is 5.22. The Morgan fingerprint density at radius 1 is 1.10 bits per heavy atom. The molecule has 4 aromatic rings. The van der Waals surface area contributed by atoms with Crippen molar-refractivity contribution in [2.24, 2.45) is 0 Å². The number of piperazine rings is 1. The summed E-state index contributed by atoms with van der Waals surface area (Å²) in [7, 11) is 0. The Bertz CT molecular complexity index is 1670. The van der Waals surface area contributed by atoms with Crippen LogP contribution in [0.3, 0.4) is 0 Å². The second kappa shape index (κ2) is 11.3. The second-order valence-corrected chi connectivity index (χ2v) is 10.3. The van der Waals surface area contributed by atoms with Crippen LogP contribution >= 0.6 is 0 Å². The maximum atomic E-state index is 15.0. The van der Waals surface area contributed by atoms with Gasteiger partial charge in [0.15, 0.2) is 12.4 Å². The normalized spacial score (nSPS) is 15.6. The van der Waals surface area contributed by atoms with Crippen molar-refractivity contribution < 1.29 is 18.7 Å². The molecule has 2 aromatic heterocycles. The second-order valence-electron chi connectivity index (χ2n) is 10.3. The average Bonchev–Trinajstić information content (AvgIpc) is 3.41. The molecule has 0 spiro atoms. The highest BCUT2D eigenvalue weighted by molar-refractivity contribution is 5.99. The fourth-order valence-electron chi connectivity index (χ4n) is 5.49. The third-order valence-corrected chi connectivity index (χ3v) is 7.69. The molecule has 13 heteroatoms. The SMILES string of the molecule is CCN1C(=O)COc2c(CN3CCN(C(C)=O)CC3)cc(Nc3ncc(F)c(-c4ccc5nnn(CC)c5c4)n3)cc21. The summed E-state index contributed by atoms with van der Waals surface area (Å²) < 4.78 is 22.7. The molecule has 0 atom stereocenters. The van der Waals surface area contributed by atoms with Gasteiger partial charge in [0.1, 0.15) is 17.0 Å². The number of carbonyl (C=O) groups excluding carboxylic acids is 2. The summed E-state index contributed by atoms with van der Waals surface area (Å²) in [5.41, 5.74) is 4.42. The monoisotopic (exact) mass is 573 g/mol. The first-order valence-electron chi connectivity index (χ1n) is 14.1. The fraction of sp³-hybridized carbons (Fsp3) is 0.379. The van der Waals surface area contributed by atoms with E-state index in [0.717, 1.165) is 35.9 Å². The van der Waals surface area contributed by atoms with Crippen LogP contribution in [0.15, 0.2) is 36.5 Å². The van der Waals surface area contributed by atoms with Gasteiger partial charge in [-0.1, -0.05) is 11.3 Å². The van der Waals surface area contributed by atoms with E-state index in [9.17, 15) is 14.0 Å². The summed E-state index contributed by atoms with van der Waals surface area (Å²) in [6.45, 7) is 9.89. The Morgan fingerprint density at radius 2 is 1.90 bits per heavy atom. The zero-order valence-electron chi connectivity index (χ0n) is 23.8. The number of halogens is 1. The molecule has 12 nitrogen and oxygen atoms in total. The van der Waals surface area contributed by atoms with Gasteiger partial charge in [-0.05, 0) is 38.1 Å². The average molecular weight is 574 g/mol. The van der Waals surface area contributed by atoms with Crippen molar-refractivity contribution in [3.8, 4) is 17.0 Å². The predicted molar refractivity (Wildman–Crippen MR) is 155 cm³/mol. The zero-order chi connectivity index (χ0) is 29.4. The van der Waals surface area contributed by atoms with Crippen molar-refractivity contribution in [3.05, 3.63) is 47.9 Å². The van der Waals surface area contributed by atoms with Crippen molar-refractivity contribution in [1.29, 1.82) is 0 Å². The number of nitrogens with one attached hydrogen (secondary N) is 1. The van der Waals surface area contributed by atoms with Crippen molar-refractivity contribution in [1.82, 2.24) is 34.8 Å². The number of rotatable bonds is 7. The molecule has 0 unspecified atom stereocenters. The zero-order valence-corrected chi connectivity index (χ0v) is 23.8. The van der Waals surface area contributed by atoms with Gasteiger partial charge in [0.05, 0.1) is 17.4 Å². The Labute approximate surface area is 242 Å². The molecule has 218 valence electrons. The Hall–Kier alpha value is -4.65. The first-order chi connectivity index (χ1) is 20.3. The van der Waals surface area contributed by atoms with Crippen LogP contribution in [0.2, 0.25) is 0 Å². The number of aromatic nitrogens is 5. The number of anilines is 3. The summed E-state index contributed by atoms with van der Waals surface area (Å²) >= 11 is 0. The Balaban J connectivity index is 1.33. The van der Waals surface area contributed by atoms with Crippen molar-refractivity contribution in [3.63, 3.8) is 0 Å². The topological polar surface area (TPSA) is 122 Å². The molecule has 0 aliphatic carbocycles. The van der Waals surface area contributed by atoms with Crippen LogP contribution in [0.4, 0.5) is 21.7 Å². The van der Waals surface area contributed by atoms with Crippen LogP contribution in [-0.4, -0.2) is 85.9 Å². The summed E-state index contributed by atoms with van der Waals surface area (Å²) in [5.74, 6) is 0.263. The van der Waals surface area contributed by atoms with Crippen LogP contribution in [-0.2, 0) is 22.7 Å². The standard InChI is InChI=1S/C29H32FN9O3/c1-4-38-25-14-21(12-20(28(25)42-17-26(38)41)16-36-8-10-37(11-9-36)18(3)40)32-29-31-15-22(30)27(33-29)19-6-7-23-24(13-19)39(5-2)35-34-23/h6-7,12-15H,4-5,8-11,16-17H2,1-3H3,(H,31,32,33). The van der Waals surface area contributed by atoms with Gasteiger partial charge in [-0.3, -0.25) is 14.5 Å². The summed E-state index contributed by atoms with van der Waals surface area (Å²) in [5, 5.41) is 11.5. The van der Waals surface area contributed by atoms with Gasteiger partial charge in [-0.2, -0.15) is 0 Å². The van der Waals surface area contributed by atoms with E-state index >= 15 is 0 Å². The molecule has 0 radical (unpaired) electrons. The van der Waals surface area contributed by atoms with Crippen LogP contribution in [0.1, 0.15) is 26.3 Å².